The Bertz CT molecular complexity index is 842. The smallest absolute Gasteiger partial charge is 0.255 e. The fourth-order valence-corrected chi connectivity index (χ4v) is 4.17. The number of para-hydroxylation sites is 1. The van der Waals surface area contributed by atoms with Crippen LogP contribution in [0.15, 0.2) is 54.6 Å². The average Bonchev–Trinajstić information content (AvgIpc) is 2.78. The summed E-state index contributed by atoms with van der Waals surface area (Å²) in [6.07, 6.45) is 4.04. The Morgan fingerprint density at radius 2 is 1.57 bits per heavy atom. The molecule has 1 unspecified atom stereocenters. The van der Waals surface area contributed by atoms with E-state index in [4.69, 9.17) is 4.74 Å². The maximum absolute atomic E-state index is 13.0. The number of carbonyl (C=O) groups is 2. The SMILES string of the molecule is COc1ccccc1C(=O)NC(C(=O)NC1CCC(c2ccccc2)CC1)C(C)C. The quantitative estimate of drug-likeness (QED) is 0.718. The van der Waals surface area contributed by atoms with Gasteiger partial charge in [0.25, 0.3) is 5.91 Å². The highest BCUT2D eigenvalue weighted by Crippen LogP contribution is 2.32. The van der Waals surface area contributed by atoms with Crippen LogP contribution < -0.4 is 15.4 Å². The molecule has 1 aliphatic rings. The van der Waals surface area contributed by atoms with E-state index in [1.54, 1.807) is 18.2 Å². The van der Waals surface area contributed by atoms with Gasteiger partial charge in [0, 0.05) is 6.04 Å². The van der Waals surface area contributed by atoms with Gasteiger partial charge in [-0.15, -0.1) is 0 Å². The molecule has 0 heterocycles. The first-order valence-electron chi connectivity index (χ1n) is 10.8. The van der Waals surface area contributed by atoms with Crippen LogP contribution >= 0.6 is 0 Å². The summed E-state index contributed by atoms with van der Waals surface area (Å²) < 4.78 is 5.28. The second-order valence-electron chi connectivity index (χ2n) is 8.36. The molecule has 3 rings (SSSR count). The molecule has 0 radical (unpaired) electrons. The van der Waals surface area contributed by atoms with Crippen molar-refractivity contribution in [3.05, 3.63) is 65.7 Å². The number of hydrogen-bond acceptors (Lipinski definition) is 3. The van der Waals surface area contributed by atoms with Crippen molar-refractivity contribution in [2.24, 2.45) is 5.92 Å². The fourth-order valence-electron chi connectivity index (χ4n) is 4.17. The van der Waals surface area contributed by atoms with E-state index in [0.717, 1.165) is 25.7 Å². The van der Waals surface area contributed by atoms with Gasteiger partial charge in [-0.2, -0.15) is 0 Å². The highest BCUT2D eigenvalue weighted by molar-refractivity contribution is 5.99. The zero-order valence-electron chi connectivity index (χ0n) is 18.1. The van der Waals surface area contributed by atoms with Crippen LogP contribution in [0.25, 0.3) is 0 Å². The molecule has 2 N–H and O–H groups in total. The summed E-state index contributed by atoms with van der Waals surface area (Å²) >= 11 is 0. The number of nitrogens with one attached hydrogen (secondary N) is 2. The molecule has 1 atom stereocenters. The lowest BCUT2D eigenvalue weighted by Gasteiger charge is -2.31. The Hall–Kier alpha value is -2.82. The van der Waals surface area contributed by atoms with E-state index in [0.29, 0.717) is 17.2 Å². The highest BCUT2D eigenvalue weighted by atomic mass is 16.5. The average molecular weight is 409 g/mol. The number of carbonyl (C=O) groups excluding carboxylic acids is 2. The van der Waals surface area contributed by atoms with Crippen LogP contribution in [0.1, 0.15) is 61.4 Å². The van der Waals surface area contributed by atoms with Crippen molar-refractivity contribution in [3.63, 3.8) is 0 Å². The molecular weight excluding hydrogens is 376 g/mol. The predicted molar refractivity (Wildman–Crippen MR) is 119 cm³/mol. The highest BCUT2D eigenvalue weighted by Gasteiger charge is 2.29. The van der Waals surface area contributed by atoms with E-state index in [2.05, 4.69) is 34.9 Å². The standard InChI is InChI=1S/C25H32N2O3/c1-17(2)23(27-24(28)21-11-7-8-12-22(21)30-3)25(29)26-20-15-13-19(14-16-20)18-9-5-4-6-10-18/h4-12,17,19-20,23H,13-16H2,1-3H3,(H,26,29)(H,27,28). The lowest BCUT2D eigenvalue weighted by atomic mass is 9.81. The van der Waals surface area contributed by atoms with Gasteiger partial charge in [0.15, 0.2) is 0 Å². The Balaban J connectivity index is 1.58. The minimum Gasteiger partial charge on any atom is -0.496 e. The molecular formula is C25H32N2O3. The normalized spacial score (nSPS) is 19.7. The lowest BCUT2D eigenvalue weighted by Crippen LogP contribution is -2.52. The first kappa shape index (κ1) is 21.9. The number of amides is 2. The Labute approximate surface area is 179 Å². The molecule has 5 heteroatoms. The minimum absolute atomic E-state index is 0.0238. The number of benzene rings is 2. The zero-order chi connectivity index (χ0) is 21.5. The summed E-state index contributed by atoms with van der Waals surface area (Å²) in [4.78, 5) is 25.7. The topological polar surface area (TPSA) is 67.4 Å². The van der Waals surface area contributed by atoms with Crippen molar-refractivity contribution in [3.8, 4) is 5.75 Å². The molecule has 1 aliphatic carbocycles. The van der Waals surface area contributed by atoms with Gasteiger partial charge in [-0.1, -0.05) is 56.3 Å². The first-order chi connectivity index (χ1) is 14.5. The fraction of sp³-hybridized carbons (Fsp3) is 0.440. The molecule has 30 heavy (non-hydrogen) atoms. The largest absolute Gasteiger partial charge is 0.496 e. The van der Waals surface area contributed by atoms with Crippen molar-refractivity contribution in [1.82, 2.24) is 10.6 Å². The lowest BCUT2D eigenvalue weighted by molar-refractivity contribution is -0.124. The molecule has 160 valence electrons. The van der Waals surface area contributed by atoms with Gasteiger partial charge in [0.1, 0.15) is 11.8 Å². The number of ether oxygens (including phenoxy) is 1. The van der Waals surface area contributed by atoms with E-state index in [1.807, 2.05) is 26.0 Å². The number of hydrogen-bond donors (Lipinski definition) is 2. The summed E-state index contributed by atoms with van der Waals surface area (Å²) in [7, 11) is 1.53. The third kappa shape index (κ3) is 5.41. The predicted octanol–water partition coefficient (Wildman–Crippen LogP) is 4.29. The molecule has 0 saturated heterocycles. The van der Waals surface area contributed by atoms with E-state index < -0.39 is 6.04 Å². The van der Waals surface area contributed by atoms with Gasteiger partial charge in [-0.3, -0.25) is 9.59 Å². The van der Waals surface area contributed by atoms with Gasteiger partial charge in [0.05, 0.1) is 12.7 Å². The summed E-state index contributed by atoms with van der Waals surface area (Å²) in [6.45, 7) is 3.89. The minimum atomic E-state index is -0.589. The molecule has 0 aliphatic heterocycles. The Kier molecular flexibility index (Phi) is 7.50. The van der Waals surface area contributed by atoms with Gasteiger partial charge < -0.3 is 15.4 Å². The van der Waals surface area contributed by atoms with Crippen LogP contribution in [0.3, 0.4) is 0 Å². The van der Waals surface area contributed by atoms with Crippen LogP contribution in [0.5, 0.6) is 5.75 Å². The maximum Gasteiger partial charge on any atom is 0.255 e. The van der Waals surface area contributed by atoms with Crippen molar-refractivity contribution in [2.45, 2.75) is 57.5 Å². The van der Waals surface area contributed by atoms with Crippen molar-refractivity contribution < 1.29 is 14.3 Å². The monoisotopic (exact) mass is 408 g/mol. The molecule has 0 bridgehead atoms. The van der Waals surface area contributed by atoms with Gasteiger partial charge >= 0.3 is 0 Å². The molecule has 2 aromatic rings. The van der Waals surface area contributed by atoms with Gasteiger partial charge in [-0.25, -0.2) is 0 Å². The third-order valence-electron chi connectivity index (χ3n) is 5.93. The van der Waals surface area contributed by atoms with Crippen LogP contribution in [-0.2, 0) is 4.79 Å². The summed E-state index contributed by atoms with van der Waals surface area (Å²) in [6, 6.07) is 17.2. The summed E-state index contributed by atoms with van der Waals surface area (Å²) in [5, 5.41) is 6.07. The van der Waals surface area contributed by atoms with E-state index in [1.165, 1.54) is 12.7 Å². The van der Waals surface area contributed by atoms with E-state index in [-0.39, 0.29) is 23.8 Å². The molecule has 0 spiro atoms. The van der Waals surface area contributed by atoms with Crippen molar-refractivity contribution >= 4 is 11.8 Å². The van der Waals surface area contributed by atoms with Crippen molar-refractivity contribution in [2.75, 3.05) is 7.11 Å². The van der Waals surface area contributed by atoms with E-state index >= 15 is 0 Å². The Morgan fingerprint density at radius 3 is 2.20 bits per heavy atom. The first-order valence-corrected chi connectivity index (χ1v) is 10.8. The van der Waals surface area contributed by atoms with Crippen LogP contribution in [0, 0.1) is 5.92 Å². The van der Waals surface area contributed by atoms with Gasteiger partial charge in [0.2, 0.25) is 5.91 Å². The molecule has 2 aromatic carbocycles. The molecule has 0 aromatic heterocycles. The van der Waals surface area contributed by atoms with Crippen LogP contribution in [0.2, 0.25) is 0 Å². The molecule has 5 nitrogen and oxygen atoms in total. The van der Waals surface area contributed by atoms with Gasteiger partial charge in [-0.05, 0) is 55.2 Å². The third-order valence-corrected chi connectivity index (χ3v) is 5.93. The summed E-state index contributed by atoms with van der Waals surface area (Å²) in [5.41, 5.74) is 1.81. The zero-order valence-corrected chi connectivity index (χ0v) is 18.1. The second-order valence-corrected chi connectivity index (χ2v) is 8.36. The van der Waals surface area contributed by atoms with Crippen molar-refractivity contribution in [1.29, 1.82) is 0 Å². The van der Waals surface area contributed by atoms with Crippen LogP contribution in [0.4, 0.5) is 0 Å². The van der Waals surface area contributed by atoms with Crippen LogP contribution in [-0.4, -0.2) is 31.0 Å². The number of rotatable bonds is 7. The molecule has 2 amide bonds. The molecule has 1 saturated carbocycles. The second kappa shape index (κ2) is 10.3. The molecule has 1 fully saturated rings. The van der Waals surface area contributed by atoms with E-state index in [9.17, 15) is 9.59 Å². The Morgan fingerprint density at radius 1 is 0.933 bits per heavy atom. The number of methoxy groups -OCH3 is 1. The maximum atomic E-state index is 13.0. The summed E-state index contributed by atoms with van der Waals surface area (Å²) in [5.74, 6) is 0.623.